The molecule has 0 radical (unpaired) electrons. The number of hydrogen-bond acceptors (Lipinski definition) is 4. The van der Waals surface area contributed by atoms with E-state index >= 15 is 0 Å². The van der Waals surface area contributed by atoms with Crippen LogP contribution < -0.4 is 0 Å². The highest BCUT2D eigenvalue weighted by Gasteiger charge is 2.27. The van der Waals surface area contributed by atoms with Gasteiger partial charge in [-0.1, -0.05) is 11.6 Å². The van der Waals surface area contributed by atoms with Gasteiger partial charge in [0.1, 0.15) is 5.82 Å². The Kier molecular flexibility index (Phi) is 5.81. The van der Waals surface area contributed by atoms with Crippen molar-refractivity contribution in [2.45, 2.75) is 33.3 Å². The average Bonchev–Trinajstić information content (AvgIpc) is 2.92. The Morgan fingerprint density at radius 2 is 1.83 bits per heavy atom. The van der Waals surface area contributed by atoms with Gasteiger partial charge in [0.05, 0.1) is 23.1 Å². The van der Waals surface area contributed by atoms with E-state index in [1.807, 2.05) is 0 Å². The highest BCUT2D eigenvalue weighted by atomic mass is 35.5. The second-order valence-corrected chi connectivity index (χ2v) is 7.37. The molecule has 0 fully saturated rings. The zero-order valence-electron chi connectivity index (χ0n) is 16.2. The Hall–Kier alpha value is -3.00. The fourth-order valence-electron chi connectivity index (χ4n) is 3.24. The maximum absolute atomic E-state index is 14.8. The highest BCUT2D eigenvalue weighted by molar-refractivity contribution is 6.30. The van der Waals surface area contributed by atoms with E-state index < -0.39 is 47.6 Å². The molecular weight excluding hydrogens is 423 g/mol. The topological polar surface area (TPSA) is 68.5 Å². The molecule has 0 unspecified atom stereocenters. The van der Waals surface area contributed by atoms with Gasteiger partial charge in [0.25, 0.3) is 5.91 Å². The van der Waals surface area contributed by atoms with Gasteiger partial charge in [-0.25, -0.2) is 13.2 Å². The van der Waals surface area contributed by atoms with Crippen molar-refractivity contribution in [1.82, 2.24) is 4.57 Å². The third-order valence-corrected chi connectivity index (χ3v) is 4.85. The van der Waals surface area contributed by atoms with E-state index in [4.69, 9.17) is 16.3 Å². The van der Waals surface area contributed by atoms with Gasteiger partial charge in [-0.3, -0.25) is 14.2 Å². The summed E-state index contributed by atoms with van der Waals surface area (Å²) >= 11 is 5.65. The smallest absolute Gasteiger partial charge is 0.310 e. The molecule has 0 aliphatic rings. The van der Waals surface area contributed by atoms with E-state index in [2.05, 4.69) is 0 Å². The van der Waals surface area contributed by atoms with E-state index in [0.717, 1.165) is 16.7 Å². The lowest BCUT2D eigenvalue weighted by Gasteiger charge is -2.09. The summed E-state index contributed by atoms with van der Waals surface area (Å²) in [6.07, 6.45) is -0.849. The van der Waals surface area contributed by atoms with Gasteiger partial charge in [0, 0.05) is 22.7 Å². The first-order valence-electron chi connectivity index (χ1n) is 8.93. The predicted octanol–water partition coefficient (Wildman–Crippen LogP) is 4.91. The van der Waals surface area contributed by atoms with Crippen LogP contribution in [0.4, 0.5) is 13.2 Å². The third-order valence-electron chi connectivity index (χ3n) is 4.55. The summed E-state index contributed by atoms with van der Waals surface area (Å²) in [6, 6.07) is 4.12. The Labute approximate surface area is 174 Å². The lowest BCUT2D eigenvalue weighted by Crippen LogP contribution is -2.16. The van der Waals surface area contributed by atoms with Gasteiger partial charge in [0.15, 0.2) is 17.4 Å². The number of phenolic OH excluding ortho intramolecular Hbond substituents is 1. The van der Waals surface area contributed by atoms with Crippen LogP contribution in [0.15, 0.2) is 24.3 Å². The second kappa shape index (κ2) is 8.02. The van der Waals surface area contributed by atoms with Crippen molar-refractivity contribution in [2.75, 3.05) is 0 Å². The van der Waals surface area contributed by atoms with Crippen LogP contribution in [0, 0.1) is 24.4 Å². The van der Waals surface area contributed by atoms with Gasteiger partial charge < -0.3 is 9.84 Å². The number of phenols is 1. The van der Waals surface area contributed by atoms with E-state index in [0.29, 0.717) is 0 Å². The van der Waals surface area contributed by atoms with Gasteiger partial charge >= 0.3 is 5.97 Å². The lowest BCUT2D eigenvalue weighted by atomic mass is 10.1. The largest absolute Gasteiger partial charge is 0.503 e. The molecule has 30 heavy (non-hydrogen) atoms. The number of hydrogen-bond donors (Lipinski definition) is 1. The fraction of sp³-hybridized carbons (Fsp3) is 0.238. The van der Waals surface area contributed by atoms with Crippen molar-refractivity contribution in [3.8, 4) is 5.75 Å². The van der Waals surface area contributed by atoms with Crippen LogP contribution in [0.2, 0.25) is 5.02 Å². The van der Waals surface area contributed by atoms with Gasteiger partial charge in [0.2, 0.25) is 0 Å². The zero-order valence-corrected chi connectivity index (χ0v) is 17.0. The minimum Gasteiger partial charge on any atom is -0.503 e. The first kappa shape index (κ1) is 21.7. The van der Waals surface area contributed by atoms with Crippen molar-refractivity contribution in [3.05, 3.63) is 63.6 Å². The molecule has 5 nitrogen and oxygen atoms in total. The third kappa shape index (κ3) is 3.75. The molecule has 0 atom stereocenters. The molecule has 1 N–H and O–H groups in total. The quantitative estimate of drug-likeness (QED) is 0.586. The molecule has 0 saturated carbocycles. The number of halogens is 4. The molecular formula is C21H17ClF3NO4. The summed E-state index contributed by atoms with van der Waals surface area (Å²) in [5, 5.41) is 9.22. The monoisotopic (exact) mass is 439 g/mol. The molecule has 1 heterocycles. The summed E-state index contributed by atoms with van der Waals surface area (Å²) < 4.78 is 48.7. The van der Waals surface area contributed by atoms with Gasteiger partial charge in [-0.2, -0.15) is 0 Å². The maximum atomic E-state index is 14.8. The lowest BCUT2D eigenvalue weighted by molar-refractivity contribution is -0.146. The van der Waals surface area contributed by atoms with Crippen LogP contribution in [0.3, 0.4) is 0 Å². The molecule has 3 rings (SSSR count). The number of carbonyl (C=O) groups is 2. The average molecular weight is 440 g/mol. The van der Waals surface area contributed by atoms with Crippen LogP contribution in [-0.4, -0.2) is 27.7 Å². The summed E-state index contributed by atoms with van der Waals surface area (Å²) in [5.74, 6) is -6.16. The predicted molar refractivity (Wildman–Crippen MR) is 104 cm³/mol. The minimum atomic E-state index is -1.31. The first-order valence-corrected chi connectivity index (χ1v) is 9.30. The summed E-state index contributed by atoms with van der Waals surface area (Å²) in [4.78, 5) is 25.2. The number of benzene rings is 2. The van der Waals surface area contributed by atoms with Crippen molar-refractivity contribution in [3.63, 3.8) is 0 Å². The molecule has 0 aliphatic heterocycles. The van der Waals surface area contributed by atoms with E-state index in [1.165, 1.54) is 19.1 Å². The van der Waals surface area contributed by atoms with Crippen molar-refractivity contribution in [2.24, 2.45) is 0 Å². The standard InChI is InChI=1S/C21H17ClF3NO4/c1-9(2)30-17(27)7-12-10(3)26(16-8-15(24)20(28)19(25)18(12)16)21(29)11-4-5-13(22)14(23)6-11/h4-6,8-9,28H,7H2,1-3H3. The maximum Gasteiger partial charge on any atom is 0.310 e. The molecule has 0 amide bonds. The number of carbonyl (C=O) groups excluding carboxylic acids is 2. The Morgan fingerprint density at radius 3 is 2.43 bits per heavy atom. The summed E-state index contributed by atoms with van der Waals surface area (Å²) in [5.41, 5.74) is -0.170. The Morgan fingerprint density at radius 1 is 1.17 bits per heavy atom. The number of fused-ring (bicyclic) bond motifs is 1. The molecule has 158 valence electrons. The molecule has 9 heteroatoms. The van der Waals surface area contributed by atoms with E-state index in [1.54, 1.807) is 13.8 Å². The number of aromatic nitrogens is 1. The van der Waals surface area contributed by atoms with Crippen molar-refractivity contribution < 1.29 is 32.6 Å². The van der Waals surface area contributed by atoms with Crippen molar-refractivity contribution >= 4 is 34.4 Å². The van der Waals surface area contributed by atoms with E-state index in [-0.39, 0.29) is 32.7 Å². The SMILES string of the molecule is Cc1c(CC(=O)OC(C)C)c2c(F)c(O)c(F)cc2n1C(=O)c1ccc(Cl)c(F)c1. The molecule has 1 aromatic heterocycles. The molecule has 0 bridgehead atoms. The van der Waals surface area contributed by atoms with Crippen LogP contribution in [0.25, 0.3) is 10.9 Å². The normalized spacial score (nSPS) is 11.3. The second-order valence-electron chi connectivity index (χ2n) is 6.96. The van der Waals surface area contributed by atoms with Crippen LogP contribution in [0.5, 0.6) is 5.75 Å². The Bertz CT molecular complexity index is 1190. The van der Waals surface area contributed by atoms with Crippen LogP contribution in [0.1, 0.15) is 35.5 Å². The summed E-state index contributed by atoms with van der Waals surface area (Å²) in [7, 11) is 0. The molecule has 0 spiro atoms. The van der Waals surface area contributed by atoms with Gasteiger partial charge in [-0.15, -0.1) is 0 Å². The van der Waals surface area contributed by atoms with Gasteiger partial charge in [-0.05, 0) is 44.5 Å². The first-order chi connectivity index (χ1) is 14.0. The zero-order chi connectivity index (χ0) is 22.3. The van der Waals surface area contributed by atoms with Crippen molar-refractivity contribution in [1.29, 1.82) is 0 Å². The number of aromatic hydroxyl groups is 1. The van der Waals surface area contributed by atoms with Crippen LogP contribution >= 0.6 is 11.6 Å². The minimum absolute atomic E-state index is 0.0474. The van der Waals surface area contributed by atoms with E-state index in [9.17, 15) is 27.9 Å². The number of rotatable bonds is 4. The van der Waals surface area contributed by atoms with Crippen LogP contribution in [-0.2, 0) is 16.0 Å². The Balaban J connectivity index is 2.26. The molecule has 0 saturated heterocycles. The number of ether oxygens (including phenoxy) is 1. The molecule has 0 aliphatic carbocycles. The molecule has 2 aromatic carbocycles. The molecule has 3 aromatic rings. The number of esters is 1. The highest BCUT2D eigenvalue weighted by Crippen LogP contribution is 2.35. The fourth-order valence-corrected chi connectivity index (χ4v) is 3.36. The summed E-state index contributed by atoms with van der Waals surface area (Å²) in [6.45, 7) is 4.69. The number of nitrogens with zero attached hydrogens (tertiary/aromatic N) is 1.